The van der Waals surface area contributed by atoms with E-state index in [4.69, 9.17) is 0 Å². The molecule has 172 valence electrons. The summed E-state index contributed by atoms with van der Waals surface area (Å²) < 4.78 is 44.7. The van der Waals surface area contributed by atoms with Crippen molar-refractivity contribution in [2.75, 3.05) is 13.7 Å². The number of hydrogen-bond donors (Lipinski definition) is 3. The van der Waals surface area contributed by atoms with Crippen molar-refractivity contribution in [3.63, 3.8) is 0 Å². The number of sulfone groups is 1. The topological polar surface area (TPSA) is 122 Å². The average molecular weight is 465 g/mol. The number of nitrogens with one attached hydrogen (secondary N) is 2. The molecule has 0 bridgehead atoms. The lowest BCUT2D eigenvalue weighted by atomic mass is 9.96. The van der Waals surface area contributed by atoms with E-state index in [9.17, 15) is 27.6 Å². The molecule has 0 heterocycles. The molecule has 2 unspecified atom stereocenters. The van der Waals surface area contributed by atoms with E-state index in [0.717, 1.165) is 5.56 Å². The fourth-order valence-electron chi connectivity index (χ4n) is 4.17. The van der Waals surface area contributed by atoms with Gasteiger partial charge in [-0.3, -0.25) is 14.8 Å². The summed E-state index contributed by atoms with van der Waals surface area (Å²) >= 11 is 0. The Bertz CT molecular complexity index is 1070. The monoisotopic (exact) mass is 464 g/mol. The number of rotatable bonds is 8. The van der Waals surface area contributed by atoms with Gasteiger partial charge in [-0.15, -0.1) is 0 Å². The molecule has 1 amide bonds. The Balaban J connectivity index is 1.89. The number of esters is 1. The minimum absolute atomic E-state index is 0.00954. The van der Waals surface area contributed by atoms with Crippen molar-refractivity contribution in [3.8, 4) is 11.1 Å². The molecule has 0 aliphatic heterocycles. The highest BCUT2D eigenvalue weighted by Gasteiger charge is 2.54. The first-order valence-electron chi connectivity index (χ1n) is 10.1. The van der Waals surface area contributed by atoms with Gasteiger partial charge in [-0.2, -0.15) is 0 Å². The van der Waals surface area contributed by atoms with Gasteiger partial charge >= 0.3 is 5.97 Å². The number of halogens is 1. The molecule has 0 spiro atoms. The quantitative estimate of drug-likeness (QED) is 0.311. The SMILES string of the molecule is COC(=O)CCNC1(C(=O)NO)CCCC1S(=O)(=O)c1ccc(-c2ccc(F)cc2)cc1. The van der Waals surface area contributed by atoms with Crippen LogP contribution in [0.1, 0.15) is 25.7 Å². The highest BCUT2D eigenvalue weighted by molar-refractivity contribution is 7.92. The van der Waals surface area contributed by atoms with E-state index in [0.29, 0.717) is 12.0 Å². The summed E-state index contributed by atoms with van der Waals surface area (Å²) in [6, 6.07) is 12.0. The molecule has 0 aromatic heterocycles. The molecule has 2 aromatic carbocycles. The van der Waals surface area contributed by atoms with Gasteiger partial charge in [0.25, 0.3) is 5.91 Å². The van der Waals surface area contributed by atoms with Crippen LogP contribution in [0, 0.1) is 5.82 Å². The second kappa shape index (κ2) is 9.76. The van der Waals surface area contributed by atoms with E-state index < -0.39 is 32.5 Å². The van der Waals surface area contributed by atoms with Crippen LogP contribution < -0.4 is 10.8 Å². The van der Waals surface area contributed by atoms with Crippen LogP contribution in [0.4, 0.5) is 4.39 Å². The molecule has 2 atom stereocenters. The molecule has 2 aromatic rings. The molecule has 3 rings (SSSR count). The van der Waals surface area contributed by atoms with E-state index in [1.54, 1.807) is 29.7 Å². The third-order valence-electron chi connectivity index (χ3n) is 5.83. The van der Waals surface area contributed by atoms with Gasteiger partial charge in [-0.05, 0) is 54.7 Å². The first-order chi connectivity index (χ1) is 15.2. The molecule has 3 N–H and O–H groups in total. The zero-order valence-corrected chi connectivity index (χ0v) is 18.3. The van der Waals surface area contributed by atoms with Gasteiger partial charge in [0.05, 0.1) is 23.7 Å². The predicted molar refractivity (Wildman–Crippen MR) is 114 cm³/mol. The molecule has 1 fully saturated rings. The van der Waals surface area contributed by atoms with Crippen molar-refractivity contribution in [1.29, 1.82) is 0 Å². The largest absolute Gasteiger partial charge is 0.469 e. The number of carbonyl (C=O) groups is 2. The van der Waals surface area contributed by atoms with Crippen molar-refractivity contribution in [3.05, 3.63) is 54.3 Å². The van der Waals surface area contributed by atoms with Gasteiger partial charge in [-0.25, -0.2) is 18.3 Å². The summed E-state index contributed by atoms with van der Waals surface area (Å²) in [5.41, 5.74) is 1.43. The standard InChI is InChI=1S/C22H25FN2O6S/c1-31-20(26)12-14-24-22(21(27)25-28)13-2-3-19(22)32(29,30)18-10-6-16(7-11-18)15-4-8-17(23)9-5-15/h4-11,19,24,28H,2-3,12-14H2,1H3,(H,25,27). The Morgan fingerprint density at radius 2 is 1.72 bits per heavy atom. The van der Waals surface area contributed by atoms with E-state index in [2.05, 4.69) is 10.1 Å². The lowest BCUT2D eigenvalue weighted by molar-refractivity contribution is -0.141. The minimum Gasteiger partial charge on any atom is -0.469 e. The lowest BCUT2D eigenvalue weighted by Crippen LogP contribution is -2.63. The number of ether oxygens (including phenoxy) is 1. The maximum atomic E-state index is 13.5. The molecular formula is C22H25FN2O6S. The van der Waals surface area contributed by atoms with Crippen LogP contribution in [-0.2, 0) is 24.2 Å². The van der Waals surface area contributed by atoms with Crippen molar-refractivity contribution in [1.82, 2.24) is 10.8 Å². The van der Waals surface area contributed by atoms with Gasteiger partial charge in [0, 0.05) is 6.54 Å². The van der Waals surface area contributed by atoms with Crippen molar-refractivity contribution in [2.24, 2.45) is 0 Å². The van der Waals surface area contributed by atoms with Crippen LogP contribution in [0.5, 0.6) is 0 Å². The van der Waals surface area contributed by atoms with Crippen LogP contribution in [0.3, 0.4) is 0 Å². The Morgan fingerprint density at radius 1 is 1.12 bits per heavy atom. The molecule has 0 saturated heterocycles. The molecule has 1 aliphatic rings. The van der Waals surface area contributed by atoms with Gasteiger partial charge < -0.3 is 10.1 Å². The lowest BCUT2D eigenvalue weighted by Gasteiger charge is -2.34. The highest BCUT2D eigenvalue weighted by atomic mass is 32.2. The molecule has 1 aliphatic carbocycles. The Labute approximate surface area is 185 Å². The van der Waals surface area contributed by atoms with Gasteiger partial charge in [0.15, 0.2) is 9.84 Å². The number of methoxy groups -OCH3 is 1. The molecule has 10 heteroatoms. The van der Waals surface area contributed by atoms with Gasteiger partial charge in [0.2, 0.25) is 0 Å². The highest BCUT2D eigenvalue weighted by Crippen LogP contribution is 2.38. The summed E-state index contributed by atoms with van der Waals surface area (Å²) in [7, 11) is -2.74. The Hall–Kier alpha value is -2.82. The van der Waals surface area contributed by atoms with E-state index >= 15 is 0 Å². The summed E-state index contributed by atoms with van der Waals surface area (Å²) in [4.78, 5) is 24.1. The average Bonchev–Trinajstić information content (AvgIpc) is 3.25. The summed E-state index contributed by atoms with van der Waals surface area (Å²) in [5, 5.41) is 11.0. The zero-order chi connectivity index (χ0) is 23.4. The minimum atomic E-state index is -3.97. The van der Waals surface area contributed by atoms with Crippen molar-refractivity contribution in [2.45, 2.75) is 41.4 Å². The van der Waals surface area contributed by atoms with Crippen LogP contribution in [0.25, 0.3) is 11.1 Å². The number of benzene rings is 2. The maximum Gasteiger partial charge on any atom is 0.306 e. The Morgan fingerprint density at radius 3 is 2.28 bits per heavy atom. The number of hydroxylamine groups is 1. The predicted octanol–water partition coefficient (Wildman–Crippen LogP) is 2.22. The fraction of sp³-hybridized carbons (Fsp3) is 0.364. The molecular weight excluding hydrogens is 439 g/mol. The Kier molecular flexibility index (Phi) is 7.27. The fourth-order valence-corrected chi connectivity index (χ4v) is 6.33. The van der Waals surface area contributed by atoms with E-state index in [-0.39, 0.29) is 36.5 Å². The second-order valence-corrected chi connectivity index (χ2v) is 9.75. The maximum absolute atomic E-state index is 13.5. The zero-order valence-electron chi connectivity index (χ0n) is 17.5. The summed E-state index contributed by atoms with van der Waals surface area (Å²) in [6.07, 6.45) is 0.769. The summed E-state index contributed by atoms with van der Waals surface area (Å²) in [5.74, 6) is -1.74. The number of carbonyl (C=O) groups excluding carboxylic acids is 2. The number of amides is 1. The van der Waals surface area contributed by atoms with Crippen molar-refractivity contribution >= 4 is 21.7 Å². The van der Waals surface area contributed by atoms with Gasteiger partial charge in [0.1, 0.15) is 11.4 Å². The summed E-state index contributed by atoms with van der Waals surface area (Å²) in [6.45, 7) is 0.00954. The molecule has 32 heavy (non-hydrogen) atoms. The van der Waals surface area contributed by atoms with E-state index in [1.165, 1.54) is 31.4 Å². The molecule has 0 radical (unpaired) electrons. The third-order valence-corrected chi connectivity index (χ3v) is 8.14. The second-order valence-electron chi connectivity index (χ2n) is 7.62. The normalized spacial score (nSPS) is 20.7. The van der Waals surface area contributed by atoms with Crippen LogP contribution >= 0.6 is 0 Å². The number of hydrogen-bond acceptors (Lipinski definition) is 7. The molecule has 8 nitrogen and oxygen atoms in total. The van der Waals surface area contributed by atoms with Gasteiger partial charge in [-0.1, -0.05) is 24.3 Å². The smallest absolute Gasteiger partial charge is 0.306 e. The van der Waals surface area contributed by atoms with Crippen molar-refractivity contribution < 1.29 is 32.3 Å². The third kappa shape index (κ3) is 4.67. The van der Waals surface area contributed by atoms with Crippen LogP contribution in [0.15, 0.2) is 53.4 Å². The van der Waals surface area contributed by atoms with Crippen LogP contribution in [0.2, 0.25) is 0 Å². The molecule has 1 saturated carbocycles. The van der Waals surface area contributed by atoms with E-state index in [1.807, 2.05) is 0 Å². The van der Waals surface area contributed by atoms with Crippen LogP contribution in [-0.4, -0.2) is 49.9 Å². The first-order valence-corrected chi connectivity index (χ1v) is 11.7. The first kappa shape index (κ1) is 23.8.